The van der Waals surface area contributed by atoms with Gasteiger partial charge in [0.05, 0.1) is 23.7 Å². The number of fused-ring (bicyclic) bond motifs is 6. The van der Waals surface area contributed by atoms with Crippen molar-refractivity contribution in [3.63, 3.8) is 0 Å². The Balaban J connectivity index is 1.36. The van der Waals surface area contributed by atoms with Crippen LogP contribution in [0.2, 0.25) is 0 Å². The minimum Gasteiger partial charge on any atom is -0.393 e. The van der Waals surface area contributed by atoms with Crippen LogP contribution in [-0.4, -0.2) is 42.7 Å². The molecule has 37 heavy (non-hydrogen) atoms. The van der Waals surface area contributed by atoms with E-state index in [-0.39, 0.29) is 45.9 Å². The highest BCUT2D eigenvalue weighted by molar-refractivity contribution is 8.13. The summed E-state index contributed by atoms with van der Waals surface area (Å²) in [5.74, 6) is 0.102. The van der Waals surface area contributed by atoms with Gasteiger partial charge in [0.25, 0.3) is 0 Å². The van der Waals surface area contributed by atoms with Crippen LogP contribution in [0.5, 0.6) is 0 Å². The molecule has 3 fully saturated rings. The lowest BCUT2D eigenvalue weighted by atomic mass is 9.45. The van der Waals surface area contributed by atoms with E-state index >= 15 is 0 Å². The maximum atomic E-state index is 13.5. The van der Waals surface area contributed by atoms with Crippen molar-refractivity contribution in [3.05, 3.63) is 53.1 Å². The second-order valence-corrected chi connectivity index (χ2v) is 13.2. The third-order valence-electron chi connectivity index (χ3n) is 10.6. The number of allylic oxidation sites excluding steroid dienone is 1. The van der Waals surface area contributed by atoms with Gasteiger partial charge in [-0.2, -0.15) is 5.10 Å². The molecule has 0 amide bonds. The zero-order valence-corrected chi connectivity index (χ0v) is 22.5. The van der Waals surface area contributed by atoms with Crippen LogP contribution in [0.4, 0.5) is 4.39 Å². The second-order valence-electron chi connectivity index (χ2n) is 12.2. The summed E-state index contributed by atoms with van der Waals surface area (Å²) in [7, 11) is 0. The molecule has 4 aliphatic carbocycles. The number of nitrogens with zero attached hydrogens (tertiary/aromatic N) is 2. The molecule has 3 saturated carbocycles. The minimum absolute atomic E-state index is 0.0414. The van der Waals surface area contributed by atoms with Crippen LogP contribution < -0.4 is 5.73 Å². The van der Waals surface area contributed by atoms with Crippen LogP contribution >= 0.6 is 11.8 Å². The molecule has 0 radical (unpaired) electrons. The van der Waals surface area contributed by atoms with Gasteiger partial charge in [-0.15, -0.1) is 0 Å². The predicted octanol–water partition coefficient (Wildman–Crippen LogP) is 4.32. The molecule has 1 aromatic carbocycles. The third kappa shape index (κ3) is 3.35. The van der Waals surface area contributed by atoms with Crippen LogP contribution in [0.1, 0.15) is 57.7 Å². The lowest BCUT2D eigenvalue weighted by molar-refractivity contribution is -0.178. The molecule has 8 atom stereocenters. The summed E-state index contributed by atoms with van der Waals surface area (Å²) in [6.07, 6.45) is 7.30. The van der Waals surface area contributed by atoms with Crippen molar-refractivity contribution in [2.45, 2.75) is 64.6 Å². The number of carbonyl (C=O) groups excluding carboxylic acids is 1. The summed E-state index contributed by atoms with van der Waals surface area (Å²) in [5, 5.41) is 28.1. The number of rotatable bonds is 3. The van der Waals surface area contributed by atoms with Gasteiger partial charge >= 0.3 is 0 Å². The first-order chi connectivity index (χ1) is 17.5. The number of halogens is 1. The van der Waals surface area contributed by atoms with Crippen LogP contribution in [0.25, 0.3) is 11.8 Å². The Bertz CT molecular complexity index is 1280. The maximum absolute atomic E-state index is 13.5. The molecule has 0 saturated heterocycles. The van der Waals surface area contributed by atoms with Gasteiger partial charge in [-0.1, -0.05) is 38.1 Å². The van der Waals surface area contributed by atoms with E-state index in [1.807, 2.05) is 24.7 Å². The van der Waals surface area contributed by atoms with E-state index < -0.39 is 17.1 Å². The molecule has 198 valence electrons. The fourth-order valence-corrected chi connectivity index (χ4v) is 9.73. The van der Waals surface area contributed by atoms with Crippen molar-refractivity contribution < 1.29 is 19.4 Å². The molecule has 0 bridgehead atoms. The number of hydrogen-bond acceptors (Lipinski definition) is 6. The molecule has 8 heteroatoms. The molecule has 1 aromatic heterocycles. The van der Waals surface area contributed by atoms with Crippen LogP contribution in [0, 0.1) is 40.3 Å². The molecule has 4 aliphatic rings. The first kappa shape index (κ1) is 25.3. The number of hydrogen-bond donors (Lipinski definition) is 3. The minimum atomic E-state index is -1.49. The highest BCUT2D eigenvalue weighted by Gasteiger charge is 2.70. The Hall–Kier alpha value is -2.00. The molecule has 1 heterocycles. The molecule has 6 rings (SSSR count). The molecule has 4 N–H and O–H groups in total. The Morgan fingerprint density at radius 1 is 1.30 bits per heavy atom. The van der Waals surface area contributed by atoms with E-state index in [4.69, 9.17) is 5.73 Å². The van der Waals surface area contributed by atoms with Crippen molar-refractivity contribution in [1.82, 2.24) is 9.78 Å². The smallest absolute Gasteiger partial charge is 0.222 e. The molecule has 2 aromatic rings. The SMILES string of the molecule is C[C@@H]1C[C@H]2C3CCC4=Cc5c(cnn5-c5ccc(F)cc5)C[C@]4(C)[C@H]3[C@@H](O)C[C@]2(C)[C@@]1(O)C(=O)SCN. The summed E-state index contributed by atoms with van der Waals surface area (Å²) in [6, 6.07) is 6.38. The van der Waals surface area contributed by atoms with Gasteiger partial charge < -0.3 is 15.9 Å². The van der Waals surface area contributed by atoms with Crippen LogP contribution in [0.15, 0.2) is 36.0 Å². The topological polar surface area (TPSA) is 101 Å². The van der Waals surface area contributed by atoms with Crippen molar-refractivity contribution >= 4 is 23.0 Å². The number of carbonyl (C=O) groups is 1. The second kappa shape index (κ2) is 8.50. The molecular weight excluding hydrogens is 489 g/mol. The number of thioether (sulfide) groups is 1. The molecule has 1 unspecified atom stereocenters. The summed E-state index contributed by atoms with van der Waals surface area (Å²) < 4.78 is 15.4. The number of aliphatic hydroxyl groups is 2. The maximum Gasteiger partial charge on any atom is 0.222 e. The lowest BCUT2D eigenvalue weighted by Crippen LogP contribution is -2.62. The van der Waals surface area contributed by atoms with E-state index in [0.717, 1.165) is 54.4 Å². The standard InChI is InChI=1S/C29H36FN3O3S/c1-16-10-22-21-9-4-18-11-23-17(14-32-33(23)20-7-5-19(30)6-8-20)12-27(18,2)25(21)24(34)13-28(22,3)29(16,36)26(35)37-15-31/h5-8,11,14,16,21-22,24-25,34,36H,4,9-10,12-13,15,31H2,1-3H3/t16-,21?,22+,24+,25-,27+,28+,29+/m1/s1. The first-order valence-corrected chi connectivity index (χ1v) is 14.3. The summed E-state index contributed by atoms with van der Waals surface area (Å²) in [4.78, 5) is 13.2. The van der Waals surface area contributed by atoms with Gasteiger partial charge in [-0.05, 0) is 97.1 Å². The van der Waals surface area contributed by atoms with E-state index in [2.05, 4.69) is 18.1 Å². The highest BCUT2D eigenvalue weighted by atomic mass is 32.2. The van der Waals surface area contributed by atoms with Gasteiger partial charge in [0.1, 0.15) is 11.4 Å². The normalized spacial score (nSPS) is 40.3. The number of nitrogens with two attached hydrogens (primary N) is 1. The highest BCUT2D eigenvalue weighted by Crippen LogP contribution is 2.69. The Morgan fingerprint density at radius 2 is 2.03 bits per heavy atom. The number of aromatic nitrogens is 2. The van der Waals surface area contributed by atoms with Gasteiger partial charge in [-0.25, -0.2) is 9.07 Å². The molecular formula is C29H36FN3O3S. The van der Waals surface area contributed by atoms with Gasteiger partial charge in [0.15, 0.2) is 0 Å². The van der Waals surface area contributed by atoms with E-state index in [0.29, 0.717) is 6.42 Å². The van der Waals surface area contributed by atoms with E-state index in [1.54, 1.807) is 12.1 Å². The van der Waals surface area contributed by atoms with Gasteiger partial charge in [0.2, 0.25) is 5.12 Å². The van der Waals surface area contributed by atoms with Crippen molar-refractivity contribution in [2.75, 3.05) is 5.88 Å². The predicted molar refractivity (Wildman–Crippen MR) is 142 cm³/mol. The lowest BCUT2D eigenvalue weighted by Gasteiger charge is -2.60. The van der Waals surface area contributed by atoms with Gasteiger partial charge in [-0.3, -0.25) is 4.79 Å². The monoisotopic (exact) mass is 525 g/mol. The molecule has 0 spiro atoms. The van der Waals surface area contributed by atoms with Crippen LogP contribution in [-0.2, 0) is 11.2 Å². The zero-order valence-electron chi connectivity index (χ0n) is 21.7. The number of benzene rings is 1. The summed E-state index contributed by atoms with van der Waals surface area (Å²) in [5.41, 5.74) is 7.58. The number of aliphatic hydroxyl groups excluding tert-OH is 1. The van der Waals surface area contributed by atoms with Crippen molar-refractivity contribution in [3.8, 4) is 5.69 Å². The largest absolute Gasteiger partial charge is 0.393 e. The average Bonchev–Trinajstić information content (AvgIpc) is 3.34. The van der Waals surface area contributed by atoms with E-state index in [1.165, 1.54) is 17.7 Å². The summed E-state index contributed by atoms with van der Waals surface area (Å²) >= 11 is 0.995. The Morgan fingerprint density at radius 3 is 2.73 bits per heavy atom. The van der Waals surface area contributed by atoms with Gasteiger partial charge in [0, 0.05) is 11.3 Å². The fourth-order valence-electron chi connectivity index (χ4n) is 8.93. The molecule has 0 aliphatic heterocycles. The third-order valence-corrected chi connectivity index (χ3v) is 11.3. The van der Waals surface area contributed by atoms with Crippen molar-refractivity contribution in [2.24, 2.45) is 40.2 Å². The Kier molecular flexibility index (Phi) is 5.81. The first-order valence-electron chi connectivity index (χ1n) is 13.4. The molecule has 6 nitrogen and oxygen atoms in total. The summed E-state index contributed by atoms with van der Waals surface area (Å²) in [6.45, 7) is 6.28. The zero-order chi connectivity index (χ0) is 26.3. The quantitative estimate of drug-likeness (QED) is 0.516. The van der Waals surface area contributed by atoms with Crippen molar-refractivity contribution in [1.29, 1.82) is 0 Å². The fraction of sp³-hybridized carbons (Fsp3) is 0.586. The average molecular weight is 526 g/mol. The Labute approximate surface area is 221 Å². The van der Waals surface area contributed by atoms with E-state index in [9.17, 15) is 19.4 Å². The van der Waals surface area contributed by atoms with Crippen LogP contribution in [0.3, 0.4) is 0 Å².